The summed E-state index contributed by atoms with van der Waals surface area (Å²) in [6.45, 7) is -0.0144. The number of carbonyl (C=O) groups excluding carboxylic acids is 1. The number of likely N-dealkylation sites (N-methyl/N-ethyl adjacent to an activating group) is 1. The summed E-state index contributed by atoms with van der Waals surface area (Å²) in [5.74, 6) is -0.574. The zero-order chi connectivity index (χ0) is 24.8. The summed E-state index contributed by atoms with van der Waals surface area (Å²) < 4.78 is 57.9. The fourth-order valence-electron chi connectivity index (χ4n) is 2.91. The van der Waals surface area contributed by atoms with Gasteiger partial charge in [0, 0.05) is 18.2 Å². The Morgan fingerprint density at radius 1 is 1.18 bits per heavy atom. The first-order chi connectivity index (χ1) is 15.5. The number of halogens is 4. The molecule has 5 N–H and O–H groups in total. The maximum atomic E-state index is 13.9. The zero-order valence-corrected chi connectivity index (χ0v) is 18.0. The van der Waals surface area contributed by atoms with E-state index in [1.165, 1.54) is 50.4 Å². The predicted octanol–water partition coefficient (Wildman–Crippen LogP) is 2.58. The van der Waals surface area contributed by atoms with E-state index in [1.807, 2.05) is 0 Å². The molecule has 0 aliphatic heterocycles. The fraction of sp³-hybridized carbons (Fsp3) is 0.364. The summed E-state index contributed by atoms with van der Waals surface area (Å²) in [6, 6.07) is 5.10. The Morgan fingerprint density at radius 2 is 1.82 bits per heavy atom. The molecule has 180 valence electrons. The van der Waals surface area contributed by atoms with Gasteiger partial charge in [0.15, 0.2) is 0 Å². The number of hydrogen-bond donors (Lipinski definition) is 5. The van der Waals surface area contributed by atoms with Gasteiger partial charge in [-0.25, -0.2) is 4.39 Å². The molecular weight excluding hydrogens is 446 g/mol. The van der Waals surface area contributed by atoms with Gasteiger partial charge < -0.3 is 31.0 Å². The first-order valence-electron chi connectivity index (χ1n) is 9.82. The van der Waals surface area contributed by atoms with Gasteiger partial charge in [-0.15, -0.1) is 0 Å². The molecule has 1 unspecified atom stereocenters. The molecule has 1 aromatic rings. The van der Waals surface area contributed by atoms with Crippen molar-refractivity contribution < 1.29 is 37.3 Å². The van der Waals surface area contributed by atoms with Gasteiger partial charge in [0.25, 0.3) is 5.91 Å². The number of nitrogens with one attached hydrogen (secondary N) is 3. The zero-order valence-electron chi connectivity index (χ0n) is 18.0. The minimum Gasteiger partial charge on any atom is -0.489 e. The van der Waals surface area contributed by atoms with Gasteiger partial charge >= 0.3 is 6.18 Å². The van der Waals surface area contributed by atoms with Crippen LogP contribution in [0, 0.1) is 5.41 Å². The molecule has 0 saturated carbocycles. The van der Waals surface area contributed by atoms with Crippen LogP contribution in [0.25, 0.3) is 0 Å². The number of hydrogen-bond acceptors (Lipinski definition) is 6. The van der Waals surface area contributed by atoms with Crippen molar-refractivity contribution in [3.8, 4) is 0 Å². The molecule has 1 aliphatic carbocycles. The van der Waals surface area contributed by atoms with Gasteiger partial charge in [-0.2, -0.15) is 13.2 Å². The highest BCUT2D eigenvalue weighted by molar-refractivity contribution is 6.14. The van der Waals surface area contributed by atoms with Gasteiger partial charge in [-0.1, -0.05) is 24.3 Å². The average molecular weight is 471 g/mol. The van der Waals surface area contributed by atoms with E-state index in [4.69, 9.17) is 10.1 Å². The number of ether oxygens (including phenoxy) is 1. The number of carbonyl (C=O) groups is 1. The number of alkyl halides is 4. The molecular formula is C22H25F4N3O4. The molecule has 7 nitrogen and oxygen atoms in total. The molecule has 0 fully saturated rings. The van der Waals surface area contributed by atoms with Gasteiger partial charge in [0.1, 0.15) is 18.1 Å². The Labute approximate surface area is 188 Å². The molecule has 33 heavy (non-hydrogen) atoms. The molecule has 1 aromatic carbocycles. The lowest BCUT2D eigenvalue weighted by molar-refractivity contribution is -0.183. The number of aliphatic hydroxyl groups excluding tert-OH is 2. The van der Waals surface area contributed by atoms with E-state index in [9.17, 15) is 32.6 Å². The fourth-order valence-corrected chi connectivity index (χ4v) is 2.91. The van der Waals surface area contributed by atoms with E-state index in [1.54, 1.807) is 0 Å². The molecule has 1 amide bonds. The summed E-state index contributed by atoms with van der Waals surface area (Å²) in [6.07, 6.45) is -4.17. The third kappa shape index (κ3) is 6.42. The summed E-state index contributed by atoms with van der Waals surface area (Å²) in [5, 5.41) is 32.0. The number of aliphatic hydroxyl groups is 2. The number of allylic oxidation sites excluding steroid dienone is 4. The van der Waals surface area contributed by atoms with Gasteiger partial charge in [0.2, 0.25) is 6.17 Å². The third-order valence-electron chi connectivity index (χ3n) is 4.86. The van der Waals surface area contributed by atoms with Crippen molar-refractivity contribution in [3.05, 3.63) is 70.6 Å². The van der Waals surface area contributed by atoms with Crippen molar-refractivity contribution >= 4 is 11.6 Å². The number of rotatable bonds is 9. The summed E-state index contributed by atoms with van der Waals surface area (Å²) >= 11 is 0. The van der Waals surface area contributed by atoms with E-state index < -0.39 is 42.6 Å². The highest BCUT2D eigenvalue weighted by Gasteiger charge is 2.42. The second-order valence-corrected chi connectivity index (χ2v) is 7.56. The van der Waals surface area contributed by atoms with Crippen LogP contribution in [0.15, 0.2) is 59.5 Å². The molecule has 2 rings (SSSR count). The lowest BCUT2D eigenvalue weighted by Crippen LogP contribution is -2.53. The van der Waals surface area contributed by atoms with Crippen LogP contribution in [0.3, 0.4) is 0 Å². The van der Waals surface area contributed by atoms with Crippen molar-refractivity contribution in [3.63, 3.8) is 0 Å². The molecule has 1 atom stereocenters. The van der Waals surface area contributed by atoms with E-state index in [0.717, 1.165) is 6.07 Å². The van der Waals surface area contributed by atoms with Gasteiger partial charge in [0.05, 0.1) is 24.5 Å². The minimum atomic E-state index is -5.06. The second-order valence-electron chi connectivity index (χ2n) is 7.56. The quantitative estimate of drug-likeness (QED) is 0.281. The smallest absolute Gasteiger partial charge is 0.423 e. The third-order valence-corrected chi connectivity index (χ3v) is 4.86. The highest BCUT2D eigenvalue weighted by atomic mass is 19.4. The lowest BCUT2D eigenvalue weighted by atomic mass is 10.00. The largest absolute Gasteiger partial charge is 0.489 e. The van der Waals surface area contributed by atoms with E-state index >= 15 is 0 Å². The van der Waals surface area contributed by atoms with Crippen molar-refractivity contribution in [1.82, 2.24) is 10.6 Å². The molecule has 0 saturated heterocycles. The van der Waals surface area contributed by atoms with Crippen LogP contribution in [0.5, 0.6) is 0 Å². The van der Waals surface area contributed by atoms with E-state index in [-0.39, 0.29) is 34.9 Å². The van der Waals surface area contributed by atoms with Crippen molar-refractivity contribution in [1.29, 1.82) is 5.41 Å². The van der Waals surface area contributed by atoms with Crippen LogP contribution in [-0.4, -0.2) is 53.8 Å². The summed E-state index contributed by atoms with van der Waals surface area (Å²) in [4.78, 5) is 12.7. The van der Waals surface area contributed by atoms with Gasteiger partial charge in [-0.3, -0.25) is 4.79 Å². The predicted molar refractivity (Wildman–Crippen MR) is 113 cm³/mol. The van der Waals surface area contributed by atoms with Crippen LogP contribution >= 0.6 is 0 Å². The molecule has 0 aromatic heterocycles. The Bertz CT molecular complexity index is 982. The van der Waals surface area contributed by atoms with E-state index in [0.29, 0.717) is 0 Å². The normalized spacial score (nSPS) is 16.7. The number of benzene rings is 1. The molecule has 0 spiro atoms. The first-order valence-corrected chi connectivity index (χ1v) is 9.82. The topological polar surface area (TPSA) is 115 Å². The van der Waals surface area contributed by atoms with Crippen molar-refractivity contribution in [2.45, 2.75) is 31.4 Å². The lowest BCUT2D eigenvalue weighted by Gasteiger charge is -2.27. The molecule has 1 aliphatic rings. The second kappa shape index (κ2) is 10.6. The standard InChI is InChI=1S/C22H25F4N3O4/c1-21(11-30,12-31)29-20(32)18(28-2)16-9-14(7-8-17(16)27)33-10-13-5-3-4-6-15(13)19(23)22(24,25)26/h3-9,19,27-28,30-31H,10-12H2,1-2H3,(H,29,32)/b18-16-,27-17?. The Balaban J connectivity index is 2.29. The molecule has 0 radical (unpaired) electrons. The van der Waals surface area contributed by atoms with Crippen LogP contribution in [0.2, 0.25) is 0 Å². The summed E-state index contributed by atoms with van der Waals surface area (Å²) in [7, 11) is 1.44. The molecule has 11 heteroatoms. The van der Waals surface area contributed by atoms with Crippen LogP contribution < -0.4 is 10.6 Å². The Kier molecular flexibility index (Phi) is 8.39. The van der Waals surface area contributed by atoms with E-state index in [2.05, 4.69) is 10.6 Å². The Hall–Kier alpha value is -3.18. The minimum absolute atomic E-state index is 0.00366. The van der Waals surface area contributed by atoms with Crippen LogP contribution in [0.1, 0.15) is 24.2 Å². The SMILES string of the molecule is CN/C(C(=O)NC(C)(CO)CO)=C1/C=C(OCc2ccccc2C(F)C(F)(F)F)C=CC1=N. The van der Waals surface area contributed by atoms with Crippen LogP contribution in [-0.2, 0) is 16.1 Å². The first kappa shape index (κ1) is 26.1. The molecule has 0 bridgehead atoms. The van der Waals surface area contributed by atoms with Gasteiger partial charge in [-0.05, 0) is 30.7 Å². The maximum absolute atomic E-state index is 13.9. The monoisotopic (exact) mass is 471 g/mol. The van der Waals surface area contributed by atoms with Crippen molar-refractivity contribution in [2.24, 2.45) is 0 Å². The Morgan fingerprint density at radius 3 is 2.39 bits per heavy atom. The maximum Gasteiger partial charge on any atom is 0.423 e. The summed E-state index contributed by atoms with van der Waals surface area (Å²) in [5.41, 5.74) is -1.87. The van der Waals surface area contributed by atoms with Crippen LogP contribution in [0.4, 0.5) is 17.6 Å². The highest BCUT2D eigenvalue weighted by Crippen LogP contribution is 2.37. The number of amides is 1. The average Bonchev–Trinajstić information content (AvgIpc) is 2.78. The van der Waals surface area contributed by atoms with Crippen molar-refractivity contribution in [2.75, 3.05) is 20.3 Å². The molecule has 0 heterocycles.